The number of aromatic amines is 1. The van der Waals surface area contributed by atoms with Crippen molar-refractivity contribution in [1.29, 1.82) is 0 Å². The Morgan fingerprint density at radius 3 is 2.86 bits per heavy atom. The third-order valence-electron chi connectivity index (χ3n) is 4.12. The first-order valence-electron chi connectivity index (χ1n) is 7.18. The number of hydrogen-bond donors (Lipinski definition) is 1. The highest BCUT2D eigenvalue weighted by Gasteiger charge is 2.20. The number of nitrogens with one attached hydrogen (secondary N) is 1. The van der Waals surface area contributed by atoms with Crippen LogP contribution in [0.25, 0.3) is 10.9 Å². The Labute approximate surface area is 128 Å². The molecule has 3 heterocycles. The van der Waals surface area contributed by atoms with E-state index in [1.54, 1.807) is 0 Å². The standard InChI is InChI=1S/C17H16ClN3/c1-11-8-14-9-15(18)20-17(16(14)19-11)21-7-6-12-4-2-3-5-13(12)10-21/h2-5,8-9,19H,6-7,10H2,1H3. The highest BCUT2D eigenvalue weighted by molar-refractivity contribution is 6.30. The molecule has 0 spiro atoms. The molecule has 3 aromatic rings. The van der Waals surface area contributed by atoms with Gasteiger partial charge in [0.15, 0.2) is 5.82 Å². The Morgan fingerprint density at radius 2 is 2.00 bits per heavy atom. The largest absolute Gasteiger partial charge is 0.356 e. The number of aromatic nitrogens is 2. The summed E-state index contributed by atoms with van der Waals surface area (Å²) in [5, 5.41) is 1.68. The minimum atomic E-state index is 0.551. The SMILES string of the molecule is Cc1cc2cc(Cl)nc(N3CCc4ccccc4C3)c2[nH]1. The highest BCUT2D eigenvalue weighted by Crippen LogP contribution is 2.31. The first kappa shape index (κ1) is 12.7. The van der Waals surface area contributed by atoms with E-state index in [0.29, 0.717) is 5.15 Å². The van der Waals surface area contributed by atoms with Gasteiger partial charge in [-0.2, -0.15) is 0 Å². The summed E-state index contributed by atoms with van der Waals surface area (Å²) in [5.41, 5.74) is 5.03. The molecule has 1 aliphatic heterocycles. The molecule has 4 rings (SSSR count). The van der Waals surface area contributed by atoms with Crippen LogP contribution in [-0.4, -0.2) is 16.5 Å². The number of H-pyrrole nitrogens is 1. The predicted molar refractivity (Wildman–Crippen MR) is 87.0 cm³/mol. The van der Waals surface area contributed by atoms with Gasteiger partial charge in [0.25, 0.3) is 0 Å². The number of benzene rings is 1. The molecular formula is C17H16ClN3. The molecule has 1 aromatic carbocycles. The Balaban J connectivity index is 1.81. The average molecular weight is 298 g/mol. The lowest BCUT2D eigenvalue weighted by Gasteiger charge is -2.30. The number of rotatable bonds is 1. The molecule has 1 N–H and O–H groups in total. The van der Waals surface area contributed by atoms with Crippen LogP contribution in [-0.2, 0) is 13.0 Å². The number of hydrogen-bond acceptors (Lipinski definition) is 2. The summed E-state index contributed by atoms with van der Waals surface area (Å²) in [6.45, 7) is 3.91. The zero-order valence-corrected chi connectivity index (χ0v) is 12.6. The van der Waals surface area contributed by atoms with Crippen molar-refractivity contribution >= 4 is 28.3 Å². The normalized spacial score (nSPS) is 14.5. The molecule has 3 nitrogen and oxygen atoms in total. The Bertz CT molecular complexity index is 822. The summed E-state index contributed by atoms with van der Waals surface area (Å²) in [6, 6.07) is 12.7. The number of halogens is 1. The van der Waals surface area contributed by atoms with Gasteiger partial charge in [0.1, 0.15) is 5.15 Å². The van der Waals surface area contributed by atoms with Crippen LogP contribution < -0.4 is 4.90 Å². The van der Waals surface area contributed by atoms with Crippen molar-refractivity contribution in [3.8, 4) is 0 Å². The molecule has 0 saturated heterocycles. The van der Waals surface area contributed by atoms with Gasteiger partial charge >= 0.3 is 0 Å². The van der Waals surface area contributed by atoms with E-state index >= 15 is 0 Å². The van der Waals surface area contributed by atoms with E-state index in [4.69, 9.17) is 11.6 Å². The molecule has 4 heteroatoms. The summed E-state index contributed by atoms with van der Waals surface area (Å²) in [7, 11) is 0. The number of nitrogens with zero attached hydrogens (tertiary/aromatic N) is 2. The molecule has 1 aliphatic rings. The smallest absolute Gasteiger partial charge is 0.155 e. The molecule has 0 aliphatic carbocycles. The summed E-state index contributed by atoms with van der Waals surface area (Å²) < 4.78 is 0. The summed E-state index contributed by atoms with van der Waals surface area (Å²) >= 11 is 6.20. The maximum Gasteiger partial charge on any atom is 0.155 e. The molecule has 0 amide bonds. The Morgan fingerprint density at radius 1 is 1.19 bits per heavy atom. The van der Waals surface area contributed by atoms with Crippen LogP contribution in [0.1, 0.15) is 16.8 Å². The quantitative estimate of drug-likeness (QED) is 0.686. The van der Waals surface area contributed by atoms with E-state index in [2.05, 4.69) is 52.1 Å². The fourth-order valence-corrected chi connectivity index (χ4v) is 3.33. The van der Waals surface area contributed by atoms with Crippen molar-refractivity contribution in [2.45, 2.75) is 19.9 Å². The first-order valence-corrected chi connectivity index (χ1v) is 7.56. The van der Waals surface area contributed by atoms with Gasteiger partial charge in [-0.1, -0.05) is 35.9 Å². The van der Waals surface area contributed by atoms with Crippen LogP contribution in [0, 0.1) is 6.92 Å². The van der Waals surface area contributed by atoms with Gasteiger partial charge in [-0.15, -0.1) is 0 Å². The third kappa shape index (κ3) is 2.18. The van der Waals surface area contributed by atoms with Gasteiger partial charge in [0.2, 0.25) is 0 Å². The molecule has 21 heavy (non-hydrogen) atoms. The summed E-state index contributed by atoms with van der Waals surface area (Å²) in [4.78, 5) is 10.3. The second-order valence-corrected chi connectivity index (χ2v) is 6.01. The first-order chi connectivity index (χ1) is 10.2. The van der Waals surface area contributed by atoms with Crippen molar-refractivity contribution in [3.63, 3.8) is 0 Å². The van der Waals surface area contributed by atoms with Crippen LogP contribution in [0.5, 0.6) is 0 Å². The van der Waals surface area contributed by atoms with Crippen LogP contribution in [0.15, 0.2) is 36.4 Å². The number of fused-ring (bicyclic) bond motifs is 2. The number of pyridine rings is 1. The Kier molecular flexibility index (Phi) is 2.89. The number of aryl methyl sites for hydroxylation is 1. The predicted octanol–water partition coefficient (Wildman–Crippen LogP) is 4.09. The average Bonchev–Trinajstić information content (AvgIpc) is 2.86. The van der Waals surface area contributed by atoms with E-state index in [1.807, 2.05) is 6.07 Å². The molecule has 106 valence electrons. The lowest BCUT2D eigenvalue weighted by atomic mass is 10.00. The van der Waals surface area contributed by atoms with Crippen molar-refractivity contribution in [3.05, 3.63) is 58.4 Å². The topological polar surface area (TPSA) is 31.9 Å². The van der Waals surface area contributed by atoms with Crippen molar-refractivity contribution in [1.82, 2.24) is 9.97 Å². The van der Waals surface area contributed by atoms with E-state index in [0.717, 1.165) is 41.9 Å². The van der Waals surface area contributed by atoms with Gasteiger partial charge in [-0.25, -0.2) is 4.98 Å². The van der Waals surface area contributed by atoms with E-state index in [1.165, 1.54) is 11.1 Å². The van der Waals surface area contributed by atoms with Gasteiger partial charge < -0.3 is 9.88 Å². The zero-order valence-electron chi connectivity index (χ0n) is 11.9. The van der Waals surface area contributed by atoms with E-state index < -0.39 is 0 Å². The summed E-state index contributed by atoms with van der Waals surface area (Å²) in [6.07, 6.45) is 1.05. The minimum absolute atomic E-state index is 0.551. The van der Waals surface area contributed by atoms with Crippen molar-refractivity contribution in [2.24, 2.45) is 0 Å². The highest BCUT2D eigenvalue weighted by atomic mass is 35.5. The molecule has 0 saturated carbocycles. The summed E-state index contributed by atoms with van der Waals surface area (Å²) in [5.74, 6) is 0.958. The molecular weight excluding hydrogens is 282 g/mol. The maximum atomic E-state index is 6.20. The second-order valence-electron chi connectivity index (χ2n) is 5.63. The molecule has 2 aromatic heterocycles. The van der Waals surface area contributed by atoms with Crippen molar-refractivity contribution < 1.29 is 0 Å². The number of anilines is 1. The monoisotopic (exact) mass is 297 g/mol. The lowest BCUT2D eigenvalue weighted by molar-refractivity contribution is 0.723. The molecule has 0 bridgehead atoms. The molecule has 0 atom stereocenters. The lowest BCUT2D eigenvalue weighted by Crippen LogP contribution is -2.31. The zero-order chi connectivity index (χ0) is 14.4. The van der Waals surface area contributed by atoms with E-state index in [-0.39, 0.29) is 0 Å². The fourth-order valence-electron chi connectivity index (χ4n) is 3.13. The molecule has 0 radical (unpaired) electrons. The maximum absolute atomic E-state index is 6.20. The van der Waals surface area contributed by atoms with Gasteiger partial charge in [-0.05, 0) is 36.6 Å². The fraction of sp³-hybridized carbons (Fsp3) is 0.235. The minimum Gasteiger partial charge on any atom is -0.356 e. The van der Waals surface area contributed by atoms with Crippen LogP contribution >= 0.6 is 11.6 Å². The van der Waals surface area contributed by atoms with E-state index in [9.17, 15) is 0 Å². The van der Waals surface area contributed by atoms with Crippen LogP contribution in [0.2, 0.25) is 5.15 Å². The van der Waals surface area contributed by atoms with Gasteiger partial charge in [0.05, 0.1) is 5.52 Å². The van der Waals surface area contributed by atoms with Gasteiger partial charge in [-0.3, -0.25) is 0 Å². The third-order valence-corrected chi connectivity index (χ3v) is 4.32. The van der Waals surface area contributed by atoms with Crippen LogP contribution in [0.4, 0.5) is 5.82 Å². The molecule has 0 unspecified atom stereocenters. The Hall–Kier alpha value is -2.00. The van der Waals surface area contributed by atoms with Crippen LogP contribution in [0.3, 0.4) is 0 Å². The second kappa shape index (κ2) is 4.78. The molecule has 0 fully saturated rings. The van der Waals surface area contributed by atoms with Crippen molar-refractivity contribution in [2.75, 3.05) is 11.4 Å². The van der Waals surface area contributed by atoms with Gasteiger partial charge in [0, 0.05) is 24.2 Å².